The quantitative estimate of drug-likeness (QED) is 0.445. The van der Waals surface area contributed by atoms with Gasteiger partial charge >= 0.3 is 0 Å². The first-order valence-electron chi connectivity index (χ1n) is 8.59. The van der Waals surface area contributed by atoms with Crippen molar-refractivity contribution in [2.24, 2.45) is 5.92 Å². The summed E-state index contributed by atoms with van der Waals surface area (Å²) >= 11 is 0. The molecule has 0 amide bonds. The van der Waals surface area contributed by atoms with Gasteiger partial charge in [0.25, 0.3) is 0 Å². The first-order valence-corrected chi connectivity index (χ1v) is 8.59. The number of hydrogen-bond donors (Lipinski definition) is 2. The van der Waals surface area contributed by atoms with Crippen molar-refractivity contribution in [2.45, 2.75) is 65.2 Å². The highest BCUT2D eigenvalue weighted by atomic mass is 16.3. The van der Waals surface area contributed by atoms with Crippen LogP contribution in [0.25, 0.3) is 0 Å². The van der Waals surface area contributed by atoms with Gasteiger partial charge < -0.3 is 10.2 Å². The van der Waals surface area contributed by atoms with E-state index in [2.05, 4.69) is 0 Å². The summed E-state index contributed by atoms with van der Waals surface area (Å²) < 4.78 is 0. The lowest BCUT2D eigenvalue weighted by molar-refractivity contribution is -0.120. The zero-order valence-corrected chi connectivity index (χ0v) is 14.0. The Morgan fingerprint density at radius 2 is 1.83 bits per heavy atom. The number of unbranched alkanes of at least 4 members (excludes halogenated alkanes) is 2. The van der Waals surface area contributed by atoms with Crippen LogP contribution >= 0.6 is 0 Å². The van der Waals surface area contributed by atoms with Gasteiger partial charge in [0.1, 0.15) is 0 Å². The molecule has 23 heavy (non-hydrogen) atoms. The lowest BCUT2D eigenvalue weighted by Gasteiger charge is -2.22. The van der Waals surface area contributed by atoms with E-state index >= 15 is 0 Å². The number of allylic oxidation sites excluding steroid dienone is 4. The van der Waals surface area contributed by atoms with Gasteiger partial charge in [0.2, 0.25) is 11.6 Å². The fourth-order valence-corrected chi connectivity index (χ4v) is 3.38. The molecule has 0 heterocycles. The van der Waals surface area contributed by atoms with Crippen molar-refractivity contribution >= 4 is 11.6 Å². The van der Waals surface area contributed by atoms with Crippen LogP contribution in [0.4, 0.5) is 0 Å². The summed E-state index contributed by atoms with van der Waals surface area (Å²) in [5.74, 6) is -2.37. The molecule has 0 spiro atoms. The van der Waals surface area contributed by atoms with E-state index in [9.17, 15) is 19.8 Å². The highest BCUT2D eigenvalue weighted by molar-refractivity contribution is 6.23. The third-order valence-electron chi connectivity index (χ3n) is 4.71. The smallest absolute Gasteiger partial charge is 0.228 e. The minimum Gasteiger partial charge on any atom is -0.504 e. The highest BCUT2D eigenvalue weighted by Gasteiger charge is 2.37. The molecule has 0 saturated heterocycles. The summed E-state index contributed by atoms with van der Waals surface area (Å²) in [6.07, 6.45) is 8.57. The summed E-state index contributed by atoms with van der Waals surface area (Å²) in [7, 11) is 0. The van der Waals surface area contributed by atoms with Crippen LogP contribution < -0.4 is 0 Å². The van der Waals surface area contributed by atoms with Crippen molar-refractivity contribution in [1.82, 2.24) is 0 Å². The second-order valence-corrected chi connectivity index (χ2v) is 6.57. The average Bonchev–Trinajstić information content (AvgIpc) is 2.73. The van der Waals surface area contributed by atoms with E-state index in [1.807, 2.05) is 19.9 Å². The van der Waals surface area contributed by atoms with E-state index in [0.717, 1.165) is 44.1 Å². The van der Waals surface area contributed by atoms with Crippen LogP contribution in [0, 0.1) is 5.92 Å². The predicted octanol–water partition coefficient (Wildman–Crippen LogP) is 4.48. The van der Waals surface area contributed by atoms with E-state index in [0.29, 0.717) is 12.8 Å². The van der Waals surface area contributed by atoms with E-state index < -0.39 is 23.1 Å². The fraction of sp³-hybridized carbons (Fsp3) is 0.579. The molecule has 1 atom stereocenters. The molecule has 1 unspecified atom stereocenters. The summed E-state index contributed by atoms with van der Waals surface area (Å²) in [5.41, 5.74) is 1.30. The Morgan fingerprint density at radius 3 is 2.52 bits per heavy atom. The first-order chi connectivity index (χ1) is 11.0. The van der Waals surface area contributed by atoms with Crippen molar-refractivity contribution in [3.05, 3.63) is 34.3 Å². The van der Waals surface area contributed by atoms with Gasteiger partial charge in [0, 0.05) is 11.5 Å². The number of Topliss-reactive ketones (excluding diaryl/α,β-unsaturated/α-hetero) is 2. The van der Waals surface area contributed by atoms with Gasteiger partial charge in [-0.3, -0.25) is 9.59 Å². The normalized spacial score (nSPS) is 23.2. The number of aliphatic hydroxyl groups excluding tert-OH is 2. The van der Waals surface area contributed by atoms with E-state index in [-0.39, 0.29) is 17.1 Å². The summed E-state index contributed by atoms with van der Waals surface area (Å²) in [6, 6.07) is 0. The molecule has 0 aliphatic heterocycles. The Bertz CT molecular complexity index is 592. The molecular formula is C19H26O4. The van der Waals surface area contributed by atoms with Crippen LogP contribution in [0.15, 0.2) is 34.3 Å². The molecule has 2 aliphatic rings. The molecule has 126 valence electrons. The Labute approximate surface area is 137 Å². The third kappa shape index (κ3) is 3.74. The van der Waals surface area contributed by atoms with E-state index in [4.69, 9.17) is 0 Å². The van der Waals surface area contributed by atoms with Crippen LogP contribution in [0.1, 0.15) is 65.2 Å². The zero-order chi connectivity index (χ0) is 17.0. The van der Waals surface area contributed by atoms with Gasteiger partial charge in [-0.15, -0.1) is 0 Å². The summed E-state index contributed by atoms with van der Waals surface area (Å²) in [6.45, 7) is 4.04. The van der Waals surface area contributed by atoms with Gasteiger partial charge in [-0.05, 0) is 39.0 Å². The summed E-state index contributed by atoms with van der Waals surface area (Å²) in [5, 5.41) is 20.5. The maximum atomic E-state index is 12.5. The highest BCUT2D eigenvalue weighted by Crippen LogP contribution is 2.35. The van der Waals surface area contributed by atoms with Crippen LogP contribution in [0.3, 0.4) is 0 Å². The number of carbonyl (C=O) groups is 2. The molecule has 2 N–H and O–H groups in total. The van der Waals surface area contributed by atoms with Crippen molar-refractivity contribution in [1.29, 1.82) is 0 Å². The van der Waals surface area contributed by atoms with E-state index in [1.54, 1.807) is 0 Å². The molecule has 0 fully saturated rings. The molecular weight excluding hydrogens is 292 g/mol. The Balaban J connectivity index is 2.31. The number of rotatable bonds is 5. The monoisotopic (exact) mass is 318 g/mol. The number of carbonyl (C=O) groups excluding carboxylic acids is 2. The molecule has 0 radical (unpaired) electrons. The molecule has 2 rings (SSSR count). The minimum absolute atomic E-state index is 0.0685. The van der Waals surface area contributed by atoms with E-state index in [1.165, 1.54) is 0 Å². The molecule has 0 aromatic carbocycles. The lowest BCUT2D eigenvalue weighted by Crippen LogP contribution is -2.27. The van der Waals surface area contributed by atoms with Gasteiger partial charge in [0.15, 0.2) is 11.5 Å². The average molecular weight is 318 g/mol. The third-order valence-corrected chi connectivity index (χ3v) is 4.71. The molecule has 0 aromatic rings. The van der Waals surface area contributed by atoms with Crippen LogP contribution in [-0.2, 0) is 9.59 Å². The lowest BCUT2D eigenvalue weighted by atomic mass is 9.82. The van der Waals surface area contributed by atoms with Crippen molar-refractivity contribution in [3.63, 3.8) is 0 Å². The Morgan fingerprint density at radius 1 is 1.09 bits per heavy atom. The minimum atomic E-state index is -0.580. The Hall–Kier alpha value is -1.84. The molecule has 0 aromatic heterocycles. The maximum Gasteiger partial charge on any atom is 0.228 e. The molecule has 0 saturated carbocycles. The summed E-state index contributed by atoms with van der Waals surface area (Å²) in [4.78, 5) is 24.9. The van der Waals surface area contributed by atoms with Gasteiger partial charge in [-0.1, -0.05) is 37.8 Å². The van der Waals surface area contributed by atoms with Crippen molar-refractivity contribution in [2.75, 3.05) is 0 Å². The van der Waals surface area contributed by atoms with Crippen LogP contribution in [0.5, 0.6) is 0 Å². The number of hydrogen-bond acceptors (Lipinski definition) is 4. The van der Waals surface area contributed by atoms with Gasteiger partial charge in [-0.25, -0.2) is 0 Å². The number of aliphatic hydroxyl groups is 2. The molecule has 0 bridgehead atoms. The number of ketones is 2. The standard InChI is InChI=1S/C19H26O4/c1-3-4-5-10-14-16(20)18(22)15(19(23)17(14)21)13-9-7-6-8-12(2)11-13/h11,13,20,23H,3-10H2,1-2H3. The fourth-order valence-electron chi connectivity index (χ4n) is 3.38. The largest absolute Gasteiger partial charge is 0.504 e. The van der Waals surface area contributed by atoms with Crippen molar-refractivity contribution < 1.29 is 19.8 Å². The van der Waals surface area contributed by atoms with Crippen molar-refractivity contribution in [3.8, 4) is 0 Å². The maximum absolute atomic E-state index is 12.5. The molecule has 4 heteroatoms. The van der Waals surface area contributed by atoms with Gasteiger partial charge in [-0.2, -0.15) is 0 Å². The molecule has 4 nitrogen and oxygen atoms in total. The van der Waals surface area contributed by atoms with Crippen LogP contribution in [0.2, 0.25) is 0 Å². The second kappa shape index (κ2) is 7.62. The van der Waals surface area contributed by atoms with Gasteiger partial charge in [0.05, 0.1) is 5.57 Å². The zero-order valence-electron chi connectivity index (χ0n) is 14.0. The Kier molecular flexibility index (Phi) is 5.80. The van der Waals surface area contributed by atoms with Crippen LogP contribution in [-0.4, -0.2) is 21.8 Å². The topological polar surface area (TPSA) is 74.6 Å². The first kappa shape index (κ1) is 17.5. The second-order valence-electron chi connectivity index (χ2n) is 6.57. The molecule has 2 aliphatic carbocycles. The predicted molar refractivity (Wildman–Crippen MR) is 89.2 cm³/mol. The SMILES string of the molecule is CCCCCC1=C(O)C(=O)C(C2C=C(C)CCCC2)=C(O)C1=O.